The van der Waals surface area contributed by atoms with E-state index in [-0.39, 0.29) is 52.4 Å². The van der Waals surface area contributed by atoms with Gasteiger partial charge in [0.25, 0.3) is 0 Å². The Morgan fingerprint density at radius 1 is 1.09 bits per heavy atom. The van der Waals surface area contributed by atoms with Gasteiger partial charge in [-0.25, -0.2) is 0 Å². The Morgan fingerprint density at radius 3 is 2.35 bits per heavy atom. The van der Waals surface area contributed by atoms with Crippen molar-refractivity contribution in [3.63, 3.8) is 0 Å². The lowest BCUT2D eigenvalue weighted by molar-refractivity contribution is 0.0838. The fourth-order valence-electron chi connectivity index (χ4n) is 4.14. The van der Waals surface area contributed by atoms with Gasteiger partial charge in [0, 0.05) is 23.3 Å². The lowest BCUT2D eigenvalue weighted by Crippen LogP contribution is -2.23. The number of phenolic OH excluding ortho intramolecular Hbond substituents is 3. The molecular weight excluding hydrogens is 436 g/mol. The highest BCUT2D eigenvalue weighted by Gasteiger charge is 2.36. The number of phenols is 3. The summed E-state index contributed by atoms with van der Waals surface area (Å²) < 4.78 is 17.0. The van der Waals surface area contributed by atoms with Crippen molar-refractivity contribution in [1.82, 2.24) is 0 Å². The van der Waals surface area contributed by atoms with E-state index in [1.807, 2.05) is 20.8 Å². The number of hydrogen-bond donors (Lipinski definition) is 3. The molecule has 0 saturated heterocycles. The van der Waals surface area contributed by atoms with Crippen LogP contribution in [0.1, 0.15) is 61.2 Å². The van der Waals surface area contributed by atoms with Crippen LogP contribution in [0, 0.1) is 5.92 Å². The summed E-state index contributed by atoms with van der Waals surface area (Å²) in [7, 11) is 2.89. The van der Waals surface area contributed by atoms with E-state index in [4.69, 9.17) is 14.2 Å². The van der Waals surface area contributed by atoms with Crippen LogP contribution in [0.2, 0.25) is 0 Å². The molecule has 0 aliphatic carbocycles. The van der Waals surface area contributed by atoms with Crippen molar-refractivity contribution in [1.29, 1.82) is 0 Å². The molecule has 2 atom stereocenters. The number of allylic oxidation sites excluding steroid dienone is 3. The van der Waals surface area contributed by atoms with Crippen molar-refractivity contribution in [3.8, 4) is 34.5 Å². The number of hydrogen-bond acceptors (Lipinski definition) is 7. The van der Waals surface area contributed by atoms with Crippen LogP contribution in [0.25, 0.3) is 0 Å². The van der Waals surface area contributed by atoms with Crippen molar-refractivity contribution >= 4 is 5.78 Å². The van der Waals surface area contributed by atoms with E-state index in [1.165, 1.54) is 31.9 Å². The molecular formula is C27H32O7. The normalized spacial score (nSPS) is 15.7. The molecule has 7 heteroatoms. The number of Topliss-reactive ketones (excluding diaryl/α,β-unsaturated/α-hetero) is 1. The number of ketones is 1. The Balaban J connectivity index is 2.12. The molecule has 0 radical (unpaired) electrons. The molecule has 3 rings (SSSR count). The first kappa shape index (κ1) is 25.0. The van der Waals surface area contributed by atoms with Crippen LogP contribution in [0.4, 0.5) is 0 Å². The monoisotopic (exact) mass is 468 g/mol. The van der Waals surface area contributed by atoms with Crippen LogP contribution < -0.4 is 14.2 Å². The zero-order valence-electron chi connectivity index (χ0n) is 20.3. The van der Waals surface area contributed by atoms with E-state index in [2.05, 4.69) is 12.7 Å². The molecule has 3 N–H and O–H groups in total. The maximum absolute atomic E-state index is 13.1. The Morgan fingerprint density at radius 2 is 1.76 bits per heavy atom. The average molecular weight is 469 g/mol. The van der Waals surface area contributed by atoms with Crippen molar-refractivity contribution in [2.75, 3.05) is 14.2 Å². The first-order valence-corrected chi connectivity index (χ1v) is 11.1. The second-order valence-corrected chi connectivity index (χ2v) is 8.86. The number of fused-ring (bicyclic) bond motifs is 1. The third-order valence-electron chi connectivity index (χ3n) is 6.09. The molecule has 34 heavy (non-hydrogen) atoms. The van der Waals surface area contributed by atoms with E-state index in [9.17, 15) is 20.1 Å². The molecule has 0 bridgehead atoms. The zero-order chi connectivity index (χ0) is 25.2. The Labute approximate surface area is 199 Å². The standard InChI is InChI=1S/C27H32O7/c1-14(2)7-8-16(15(3)4)9-18-23(32-5)12-21(30)26-22(31)13-24(34-27(18)26)17-10-25(33-6)20(29)11-19(17)28/h7,10-12,16,24,28-30H,3,8-9,13H2,1-2,4-6H3/t16-,24+/m1/s1. The van der Waals surface area contributed by atoms with Crippen molar-refractivity contribution < 1.29 is 34.3 Å². The van der Waals surface area contributed by atoms with Crippen LogP contribution in [0.15, 0.2) is 42.0 Å². The molecule has 2 aromatic rings. The minimum Gasteiger partial charge on any atom is -0.507 e. The van der Waals surface area contributed by atoms with Crippen molar-refractivity contribution in [3.05, 3.63) is 58.7 Å². The fourth-order valence-corrected chi connectivity index (χ4v) is 4.14. The van der Waals surface area contributed by atoms with Gasteiger partial charge in [0.15, 0.2) is 17.3 Å². The lowest BCUT2D eigenvalue weighted by atomic mass is 9.86. The van der Waals surface area contributed by atoms with Gasteiger partial charge in [0.05, 0.1) is 20.6 Å². The van der Waals surface area contributed by atoms with Crippen LogP contribution in [0.5, 0.6) is 34.5 Å². The maximum atomic E-state index is 13.1. The van der Waals surface area contributed by atoms with Gasteiger partial charge in [-0.1, -0.05) is 23.8 Å². The summed E-state index contributed by atoms with van der Waals surface area (Å²) >= 11 is 0. The van der Waals surface area contributed by atoms with E-state index in [0.717, 1.165) is 18.1 Å². The minimum absolute atomic E-state index is 0.0543. The number of carbonyl (C=O) groups is 1. The summed E-state index contributed by atoms with van der Waals surface area (Å²) in [6, 6.07) is 4.03. The summed E-state index contributed by atoms with van der Waals surface area (Å²) in [5.41, 5.74) is 3.20. The molecule has 1 aliphatic rings. The van der Waals surface area contributed by atoms with E-state index < -0.39 is 6.10 Å². The third kappa shape index (κ3) is 4.98. The largest absolute Gasteiger partial charge is 0.507 e. The predicted octanol–water partition coefficient (Wildman–Crippen LogP) is 5.62. The summed E-state index contributed by atoms with van der Waals surface area (Å²) in [5.74, 6) is -0.163. The third-order valence-corrected chi connectivity index (χ3v) is 6.09. The highest BCUT2D eigenvalue weighted by atomic mass is 16.5. The van der Waals surface area contributed by atoms with Crippen LogP contribution >= 0.6 is 0 Å². The second-order valence-electron chi connectivity index (χ2n) is 8.86. The van der Waals surface area contributed by atoms with E-state index in [0.29, 0.717) is 23.3 Å². The molecule has 0 spiro atoms. The van der Waals surface area contributed by atoms with E-state index in [1.54, 1.807) is 0 Å². The molecule has 0 aromatic heterocycles. The fraction of sp³-hybridized carbons (Fsp3) is 0.370. The van der Waals surface area contributed by atoms with Crippen LogP contribution in [-0.2, 0) is 6.42 Å². The average Bonchev–Trinajstić information content (AvgIpc) is 2.76. The first-order valence-electron chi connectivity index (χ1n) is 11.1. The highest BCUT2D eigenvalue weighted by molar-refractivity contribution is 6.03. The molecule has 0 amide bonds. The van der Waals surface area contributed by atoms with Crippen molar-refractivity contribution in [2.24, 2.45) is 5.92 Å². The molecule has 0 fully saturated rings. The van der Waals surface area contributed by atoms with Gasteiger partial charge in [-0.3, -0.25) is 4.79 Å². The zero-order valence-corrected chi connectivity index (χ0v) is 20.3. The topological polar surface area (TPSA) is 105 Å². The Bertz CT molecular complexity index is 1140. The summed E-state index contributed by atoms with van der Waals surface area (Å²) in [5, 5.41) is 31.0. The van der Waals surface area contributed by atoms with Gasteiger partial charge in [0.1, 0.15) is 34.7 Å². The van der Waals surface area contributed by atoms with Gasteiger partial charge in [-0.15, -0.1) is 0 Å². The molecule has 0 saturated carbocycles. The molecule has 2 aromatic carbocycles. The van der Waals surface area contributed by atoms with Gasteiger partial charge in [0.2, 0.25) is 0 Å². The van der Waals surface area contributed by atoms with Gasteiger partial charge in [-0.05, 0) is 45.6 Å². The van der Waals surface area contributed by atoms with Crippen LogP contribution in [-0.4, -0.2) is 35.3 Å². The smallest absolute Gasteiger partial charge is 0.174 e. The van der Waals surface area contributed by atoms with Crippen molar-refractivity contribution in [2.45, 2.75) is 46.1 Å². The summed E-state index contributed by atoms with van der Waals surface area (Å²) in [6.07, 6.45) is 2.42. The van der Waals surface area contributed by atoms with Gasteiger partial charge < -0.3 is 29.5 Å². The highest BCUT2D eigenvalue weighted by Crippen LogP contribution is 2.48. The molecule has 1 heterocycles. The predicted molar refractivity (Wildman–Crippen MR) is 129 cm³/mol. The van der Waals surface area contributed by atoms with E-state index >= 15 is 0 Å². The number of benzene rings is 2. The first-order chi connectivity index (χ1) is 16.1. The SMILES string of the molecule is C=C(C)[C@H](CC=C(C)C)Cc1c(OC)cc(O)c2c1O[C@H](c1cc(OC)c(O)cc1O)CC2=O. The number of carbonyl (C=O) groups excluding carboxylic acids is 1. The Hall–Kier alpha value is -3.61. The lowest BCUT2D eigenvalue weighted by Gasteiger charge is -2.30. The number of methoxy groups -OCH3 is 2. The summed E-state index contributed by atoms with van der Waals surface area (Å²) in [4.78, 5) is 13.1. The Kier molecular flexibility index (Phi) is 7.44. The number of aromatic hydroxyl groups is 3. The quantitative estimate of drug-likeness (QED) is 0.432. The number of rotatable bonds is 8. The minimum atomic E-state index is -0.846. The molecule has 7 nitrogen and oxygen atoms in total. The van der Waals surface area contributed by atoms with Gasteiger partial charge >= 0.3 is 0 Å². The molecule has 0 unspecified atom stereocenters. The number of ether oxygens (including phenoxy) is 3. The summed E-state index contributed by atoms with van der Waals surface area (Å²) in [6.45, 7) is 10.2. The maximum Gasteiger partial charge on any atom is 0.174 e. The van der Waals surface area contributed by atoms with Crippen LogP contribution in [0.3, 0.4) is 0 Å². The van der Waals surface area contributed by atoms with Gasteiger partial charge in [-0.2, -0.15) is 0 Å². The molecule has 1 aliphatic heterocycles. The molecule has 182 valence electrons. The second kappa shape index (κ2) is 10.1.